The summed E-state index contributed by atoms with van der Waals surface area (Å²) in [7, 11) is 0. The summed E-state index contributed by atoms with van der Waals surface area (Å²) in [6.07, 6.45) is 1.76. The van der Waals surface area contributed by atoms with Crippen molar-refractivity contribution in [2.24, 2.45) is 0 Å². The number of fused-ring (bicyclic) bond motifs is 2. The van der Waals surface area contributed by atoms with Gasteiger partial charge in [0.1, 0.15) is 5.58 Å². The van der Waals surface area contributed by atoms with Crippen LogP contribution in [0.4, 0.5) is 0 Å². The van der Waals surface area contributed by atoms with E-state index in [0.717, 1.165) is 33.2 Å². The van der Waals surface area contributed by atoms with Gasteiger partial charge in [-0.1, -0.05) is 5.16 Å². The predicted molar refractivity (Wildman–Crippen MR) is 53.3 cm³/mol. The second-order valence-electron chi connectivity index (χ2n) is 3.53. The Bertz CT molecular complexity index is 567. The highest BCUT2D eigenvalue weighted by atomic mass is 16.5. The third kappa shape index (κ3) is 0.839. The highest BCUT2D eigenvalue weighted by molar-refractivity contribution is 5.95. The van der Waals surface area contributed by atoms with E-state index >= 15 is 0 Å². The molecule has 0 saturated heterocycles. The minimum absolute atomic E-state index is 0.782. The van der Waals surface area contributed by atoms with Crippen LogP contribution in [-0.2, 0) is 0 Å². The Morgan fingerprint density at radius 2 is 1.93 bits per heavy atom. The van der Waals surface area contributed by atoms with E-state index in [-0.39, 0.29) is 0 Å². The van der Waals surface area contributed by atoms with Gasteiger partial charge in [0.25, 0.3) is 0 Å². The van der Waals surface area contributed by atoms with E-state index in [1.165, 1.54) is 0 Å². The Kier molecular flexibility index (Phi) is 1.29. The number of aryl methyl sites for hydroxylation is 2. The SMILES string of the molecule is Cc1coc2cc3onc(C)c3cc12. The van der Waals surface area contributed by atoms with Gasteiger partial charge in [-0.25, -0.2) is 0 Å². The molecule has 2 aromatic heterocycles. The maximum atomic E-state index is 5.38. The standard InChI is InChI=1S/C11H9NO2/c1-6-5-13-10-4-11-9(3-8(6)10)7(2)12-14-11/h3-5H,1-2H3. The monoisotopic (exact) mass is 187 g/mol. The van der Waals surface area contributed by atoms with Crippen molar-refractivity contribution in [2.45, 2.75) is 13.8 Å². The van der Waals surface area contributed by atoms with E-state index in [0.29, 0.717) is 0 Å². The number of aromatic nitrogens is 1. The first-order valence-electron chi connectivity index (χ1n) is 4.49. The van der Waals surface area contributed by atoms with Gasteiger partial charge in [-0.2, -0.15) is 0 Å². The summed E-state index contributed by atoms with van der Waals surface area (Å²) in [5, 5.41) is 6.10. The van der Waals surface area contributed by atoms with Crippen molar-refractivity contribution in [2.75, 3.05) is 0 Å². The zero-order chi connectivity index (χ0) is 9.71. The molecule has 0 amide bonds. The van der Waals surface area contributed by atoms with Crippen LogP contribution >= 0.6 is 0 Å². The Balaban J connectivity index is 2.57. The van der Waals surface area contributed by atoms with Crippen molar-refractivity contribution in [1.82, 2.24) is 5.16 Å². The summed E-state index contributed by atoms with van der Waals surface area (Å²) in [6, 6.07) is 3.95. The van der Waals surface area contributed by atoms with Gasteiger partial charge < -0.3 is 8.94 Å². The third-order valence-corrected chi connectivity index (χ3v) is 2.54. The summed E-state index contributed by atoms with van der Waals surface area (Å²) < 4.78 is 10.5. The van der Waals surface area contributed by atoms with Crippen LogP contribution in [0.25, 0.3) is 21.9 Å². The van der Waals surface area contributed by atoms with Crippen LogP contribution in [0.2, 0.25) is 0 Å². The van der Waals surface area contributed by atoms with Crippen molar-refractivity contribution in [1.29, 1.82) is 0 Å². The number of nitrogens with zero attached hydrogens (tertiary/aromatic N) is 1. The zero-order valence-corrected chi connectivity index (χ0v) is 8.00. The van der Waals surface area contributed by atoms with Crippen LogP contribution < -0.4 is 0 Å². The van der Waals surface area contributed by atoms with Crippen molar-refractivity contribution in [3.05, 3.63) is 29.7 Å². The maximum absolute atomic E-state index is 5.38. The molecule has 3 rings (SSSR count). The summed E-state index contributed by atoms with van der Waals surface area (Å²) >= 11 is 0. The summed E-state index contributed by atoms with van der Waals surface area (Å²) in [5.41, 5.74) is 3.69. The van der Waals surface area contributed by atoms with E-state index in [2.05, 4.69) is 11.2 Å². The van der Waals surface area contributed by atoms with Crippen molar-refractivity contribution in [3.8, 4) is 0 Å². The summed E-state index contributed by atoms with van der Waals surface area (Å²) in [5.74, 6) is 0. The van der Waals surface area contributed by atoms with Crippen LogP contribution in [0, 0.1) is 13.8 Å². The number of hydrogen-bond donors (Lipinski definition) is 0. The van der Waals surface area contributed by atoms with Gasteiger partial charge in [0.05, 0.1) is 12.0 Å². The van der Waals surface area contributed by atoms with Crippen LogP contribution in [0.1, 0.15) is 11.3 Å². The topological polar surface area (TPSA) is 39.2 Å². The molecule has 2 heterocycles. The molecule has 0 unspecified atom stereocenters. The van der Waals surface area contributed by atoms with E-state index in [1.54, 1.807) is 6.26 Å². The van der Waals surface area contributed by atoms with E-state index in [9.17, 15) is 0 Å². The van der Waals surface area contributed by atoms with Gasteiger partial charge in [0.15, 0.2) is 5.58 Å². The fourth-order valence-corrected chi connectivity index (χ4v) is 1.71. The third-order valence-electron chi connectivity index (χ3n) is 2.54. The van der Waals surface area contributed by atoms with Crippen LogP contribution in [-0.4, -0.2) is 5.16 Å². The number of furan rings is 1. The number of hydrogen-bond acceptors (Lipinski definition) is 3. The van der Waals surface area contributed by atoms with E-state index in [4.69, 9.17) is 8.94 Å². The molecule has 70 valence electrons. The highest BCUT2D eigenvalue weighted by Gasteiger charge is 2.09. The highest BCUT2D eigenvalue weighted by Crippen LogP contribution is 2.27. The summed E-state index contributed by atoms with van der Waals surface area (Å²) in [6.45, 7) is 3.97. The Morgan fingerprint density at radius 3 is 2.79 bits per heavy atom. The molecule has 3 heteroatoms. The van der Waals surface area contributed by atoms with Gasteiger partial charge in [0, 0.05) is 16.8 Å². The quantitative estimate of drug-likeness (QED) is 0.542. The zero-order valence-electron chi connectivity index (χ0n) is 8.00. The van der Waals surface area contributed by atoms with Gasteiger partial charge in [-0.3, -0.25) is 0 Å². The first-order valence-corrected chi connectivity index (χ1v) is 4.49. The normalized spacial score (nSPS) is 11.6. The molecule has 0 N–H and O–H groups in total. The summed E-state index contributed by atoms with van der Waals surface area (Å²) in [4.78, 5) is 0. The lowest BCUT2D eigenvalue weighted by Crippen LogP contribution is -1.71. The molecule has 0 spiro atoms. The van der Waals surface area contributed by atoms with Gasteiger partial charge in [0.2, 0.25) is 0 Å². The lowest BCUT2D eigenvalue weighted by atomic mass is 10.1. The molecule has 0 aliphatic rings. The van der Waals surface area contributed by atoms with Gasteiger partial charge >= 0.3 is 0 Å². The Hall–Kier alpha value is -1.77. The molecule has 0 aliphatic carbocycles. The fourth-order valence-electron chi connectivity index (χ4n) is 1.71. The molecule has 0 atom stereocenters. The predicted octanol–water partition coefficient (Wildman–Crippen LogP) is 3.19. The molecule has 14 heavy (non-hydrogen) atoms. The lowest BCUT2D eigenvalue weighted by Gasteiger charge is -1.90. The van der Waals surface area contributed by atoms with Crippen LogP contribution in [0.3, 0.4) is 0 Å². The molecular weight excluding hydrogens is 178 g/mol. The fraction of sp³-hybridized carbons (Fsp3) is 0.182. The van der Waals surface area contributed by atoms with Crippen molar-refractivity contribution >= 4 is 21.9 Å². The number of rotatable bonds is 0. The van der Waals surface area contributed by atoms with Crippen LogP contribution in [0.15, 0.2) is 27.3 Å². The van der Waals surface area contributed by atoms with E-state index in [1.807, 2.05) is 19.9 Å². The Labute approximate surface area is 80.3 Å². The number of benzene rings is 1. The second kappa shape index (κ2) is 2.38. The van der Waals surface area contributed by atoms with Gasteiger partial charge in [-0.05, 0) is 25.5 Å². The molecule has 0 radical (unpaired) electrons. The van der Waals surface area contributed by atoms with Crippen LogP contribution in [0.5, 0.6) is 0 Å². The first kappa shape index (κ1) is 7.62. The Morgan fingerprint density at radius 1 is 1.07 bits per heavy atom. The molecule has 0 bridgehead atoms. The minimum atomic E-state index is 0.782. The van der Waals surface area contributed by atoms with Crippen molar-refractivity contribution in [3.63, 3.8) is 0 Å². The first-order chi connectivity index (χ1) is 6.75. The lowest BCUT2D eigenvalue weighted by molar-refractivity contribution is 0.450. The molecule has 3 aromatic rings. The molecule has 0 aliphatic heterocycles. The van der Waals surface area contributed by atoms with Crippen molar-refractivity contribution < 1.29 is 8.94 Å². The average Bonchev–Trinajstić information content (AvgIpc) is 2.71. The minimum Gasteiger partial charge on any atom is -0.464 e. The molecule has 0 saturated carbocycles. The molecule has 0 fully saturated rings. The smallest absolute Gasteiger partial charge is 0.170 e. The maximum Gasteiger partial charge on any atom is 0.170 e. The second-order valence-corrected chi connectivity index (χ2v) is 3.53. The average molecular weight is 187 g/mol. The molecule has 1 aromatic carbocycles. The molecular formula is C11H9NO2. The largest absolute Gasteiger partial charge is 0.464 e. The van der Waals surface area contributed by atoms with Gasteiger partial charge in [-0.15, -0.1) is 0 Å². The van der Waals surface area contributed by atoms with E-state index < -0.39 is 0 Å². The molecule has 3 nitrogen and oxygen atoms in total.